The molecule has 0 saturated carbocycles. The number of aryl methyl sites for hydroxylation is 1. The van der Waals surface area contributed by atoms with Gasteiger partial charge in [-0.15, -0.1) is 0 Å². The number of ether oxygens (including phenoxy) is 1. The van der Waals surface area contributed by atoms with Gasteiger partial charge in [-0.25, -0.2) is 4.79 Å². The summed E-state index contributed by atoms with van der Waals surface area (Å²) in [5, 5.41) is 8.34. The van der Waals surface area contributed by atoms with E-state index in [4.69, 9.17) is 9.84 Å². The van der Waals surface area contributed by atoms with Crippen LogP contribution in [0.1, 0.15) is 11.1 Å². The Balaban J connectivity index is 2.31. The minimum atomic E-state index is -0.921. The number of hydrogen-bond donors (Lipinski definition) is 1. The minimum absolute atomic E-state index is 0.216. The van der Waals surface area contributed by atoms with Gasteiger partial charge in [0.25, 0.3) is 0 Å². The van der Waals surface area contributed by atoms with Crippen molar-refractivity contribution in [1.29, 1.82) is 0 Å². The van der Waals surface area contributed by atoms with Crippen LogP contribution >= 0.6 is 0 Å². The molecule has 76 valence electrons. The molecule has 0 amide bonds. The Kier molecular flexibility index (Phi) is 4.13. The first kappa shape index (κ1) is 10.7. The van der Waals surface area contributed by atoms with Crippen LogP contribution in [0.5, 0.6) is 0 Å². The molecule has 0 fully saturated rings. The predicted octanol–water partition coefficient (Wildman–Crippen LogP) is 1.64. The number of hydrogen-bond acceptors (Lipinski definition) is 2. The summed E-state index contributed by atoms with van der Waals surface area (Å²) in [4.78, 5) is 10.2. The summed E-state index contributed by atoms with van der Waals surface area (Å²) in [6, 6.07) is 8.02. The number of carboxylic acid groups (broad SMARTS) is 1. The lowest BCUT2D eigenvalue weighted by atomic mass is 10.1. The van der Waals surface area contributed by atoms with Crippen LogP contribution in [-0.2, 0) is 16.0 Å². The first-order valence-corrected chi connectivity index (χ1v) is 4.54. The van der Waals surface area contributed by atoms with Gasteiger partial charge in [0.05, 0.1) is 6.61 Å². The Hall–Kier alpha value is -1.35. The van der Waals surface area contributed by atoms with Gasteiger partial charge in [0.15, 0.2) is 0 Å². The highest BCUT2D eigenvalue weighted by Crippen LogP contribution is 2.07. The van der Waals surface area contributed by atoms with Gasteiger partial charge in [0.2, 0.25) is 0 Å². The van der Waals surface area contributed by atoms with E-state index in [0.29, 0.717) is 6.61 Å². The minimum Gasteiger partial charge on any atom is -0.480 e. The van der Waals surface area contributed by atoms with Gasteiger partial charge >= 0.3 is 5.97 Å². The number of carbonyl (C=O) groups is 1. The molecule has 1 aromatic carbocycles. The fraction of sp³-hybridized carbons (Fsp3) is 0.364. The topological polar surface area (TPSA) is 46.5 Å². The Bertz CT molecular complexity index is 307. The molecule has 3 heteroatoms. The van der Waals surface area contributed by atoms with Crippen molar-refractivity contribution in [3.63, 3.8) is 0 Å². The summed E-state index contributed by atoms with van der Waals surface area (Å²) in [7, 11) is 0. The molecule has 0 radical (unpaired) electrons. The van der Waals surface area contributed by atoms with E-state index in [1.165, 1.54) is 11.1 Å². The normalized spacial score (nSPS) is 10.1. The molecular formula is C11H14O3. The molecule has 1 rings (SSSR count). The SMILES string of the molecule is Cc1ccccc1CCOCC(=O)O. The summed E-state index contributed by atoms with van der Waals surface area (Å²) in [6.45, 7) is 2.27. The molecular weight excluding hydrogens is 180 g/mol. The van der Waals surface area contributed by atoms with Crippen LogP contribution in [0.3, 0.4) is 0 Å². The molecule has 0 saturated heterocycles. The zero-order valence-electron chi connectivity index (χ0n) is 8.19. The number of carboxylic acids is 1. The second kappa shape index (κ2) is 5.40. The molecule has 0 bridgehead atoms. The van der Waals surface area contributed by atoms with E-state index in [0.717, 1.165) is 6.42 Å². The molecule has 1 N–H and O–H groups in total. The van der Waals surface area contributed by atoms with Crippen LogP contribution < -0.4 is 0 Å². The summed E-state index contributed by atoms with van der Waals surface area (Å²) in [6.07, 6.45) is 0.764. The molecule has 3 nitrogen and oxygen atoms in total. The fourth-order valence-corrected chi connectivity index (χ4v) is 1.23. The first-order chi connectivity index (χ1) is 6.70. The first-order valence-electron chi connectivity index (χ1n) is 4.54. The Morgan fingerprint density at radius 2 is 2.14 bits per heavy atom. The molecule has 0 heterocycles. The molecule has 1 aromatic rings. The van der Waals surface area contributed by atoms with E-state index >= 15 is 0 Å². The van der Waals surface area contributed by atoms with Gasteiger partial charge in [-0.05, 0) is 24.5 Å². The number of benzene rings is 1. The van der Waals surface area contributed by atoms with Crippen LogP contribution in [0, 0.1) is 6.92 Å². The summed E-state index contributed by atoms with van der Waals surface area (Å²) in [5.41, 5.74) is 2.42. The molecule has 0 atom stereocenters. The van der Waals surface area contributed by atoms with Crippen molar-refractivity contribution in [3.8, 4) is 0 Å². The molecule has 0 aliphatic heterocycles. The maximum absolute atomic E-state index is 10.2. The Morgan fingerprint density at radius 3 is 2.79 bits per heavy atom. The highest BCUT2D eigenvalue weighted by molar-refractivity contribution is 5.67. The van der Waals surface area contributed by atoms with Crippen LogP contribution in [-0.4, -0.2) is 24.3 Å². The van der Waals surface area contributed by atoms with Gasteiger partial charge in [0, 0.05) is 0 Å². The van der Waals surface area contributed by atoms with E-state index in [2.05, 4.69) is 0 Å². The highest BCUT2D eigenvalue weighted by atomic mass is 16.5. The van der Waals surface area contributed by atoms with Crippen LogP contribution in [0.2, 0.25) is 0 Å². The van der Waals surface area contributed by atoms with Crippen molar-refractivity contribution < 1.29 is 14.6 Å². The Morgan fingerprint density at radius 1 is 1.43 bits per heavy atom. The van der Waals surface area contributed by atoms with Gasteiger partial charge in [-0.1, -0.05) is 24.3 Å². The highest BCUT2D eigenvalue weighted by Gasteiger charge is 1.99. The molecule has 0 spiro atoms. The zero-order valence-corrected chi connectivity index (χ0v) is 8.19. The maximum Gasteiger partial charge on any atom is 0.329 e. The third kappa shape index (κ3) is 3.58. The largest absolute Gasteiger partial charge is 0.480 e. The molecule has 0 unspecified atom stereocenters. The van der Waals surface area contributed by atoms with Crippen molar-refractivity contribution in [1.82, 2.24) is 0 Å². The second-order valence-corrected chi connectivity index (χ2v) is 3.12. The monoisotopic (exact) mass is 194 g/mol. The second-order valence-electron chi connectivity index (χ2n) is 3.12. The third-order valence-electron chi connectivity index (χ3n) is 2.00. The van der Waals surface area contributed by atoms with Crippen molar-refractivity contribution in [2.75, 3.05) is 13.2 Å². The van der Waals surface area contributed by atoms with Gasteiger partial charge in [-0.2, -0.15) is 0 Å². The summed E-state index contributed by atoms with van der Waals surface area (Å²) >= 11 is 0. The van der Waals surface area contributed by atoms with E-state index in [1.807, 2.05) is 31.2 Å². The maximum atomic E-state index is 10.2. The molecule has 0 aliphatic carbocycles. The molecule has 0 aromatic heterocycles. The van der Waals surface area contributed by atoms with Crippen molar-refractivity contribution in [3.05, 3.63) is 35.4 Å². The zero-order chi connectivity index (χ0) is 10.4. The van der Waals surface area contributed by atoms with E-state index in [-0.39, 0.29) is 6.61 Å². The quantitative estimate of drug-likeness (QED) is 0.725. The fourth-order valence-electron chi connectivity index (χ4n) is 1.23. The summed E-state index contributed by atoms with van der Waals surface area (Å²) < 4.78 is 4.95. The average Bonchev–Trinajstić information content (AvgIpc) is 2.15. The number of rotatable bonds is 5. The van der Waals surface area contributed by atoms with Gasteiger partial charge in [0.1, 0.15) is 6.61 Å². The number of aliphatic carboxylic acids is 1. The smallest absolute Gasteiger partial charge is 0.329 e. The standard InChI is InChI=1S/C11H14O3/c1-9-4-2-3-5-10(9)6-7-14-8-11(12)13/h2-5H,6-8H2,1H3,(H,12,13). The molecule has 14 heavy (non-hydrogen) atoms. The van der Waals surface area contributed by atoms with Gasteiger partial charge < -0.3 is 9.84 Å². The Labute approximate surface area is 83.3 Å². The van der Waals surface area contributed by atoms with Crippen LogP contribution in [0.25, 0.3) is 0 Å². The average molecular weight is 194 g/mol. The lowest BCUT2D eigenvalue weighted by Gasteiger charge is -2.04. The lowest BCUT2D eigenvalue weighted by molar-refractivity contribution is -0.142. The van der Waals surface area contributed by atoms with Crippen molar-refractivity contribution >= 4 is 5.97 Å². The predicted molar refractivity (Wildman–Crippen MR) is 53.3 cm³/mol. The van der Waals surface area contributed by atoms with Crippen LogP contribution in [0.15, 0.2) is 24.3 Å². The lowest BCUT2D eigenvalue weighted by Crippen LogP contribution is -2.09. The third-order valence-corrected chi connectivity index (χ3v) is 2.00. The van der Waals surface area contributed by atoms with E-state index in [9.17, 15) is 4.79 Å². The summed E-state index contributed by atoms with van der Waals surface area (Å²) in [5.74, 6) is -0.921. The van der Waals surface area contributed by atoms with Gasteiger partial charge in [-0.3, -0.25) is 0 Å². The van der Waals surface area contributed by atoms with Crippen molar-refractivity contribution in [2.24, 2.45) is 0 Å². The molecule has 0 aliphatic rings. The van der Waals surface area contributed by atoms with Crippen LogP contribution in [0.4, 0.5) is 0 Å². The van der Waals surface area contributed by atoms with E-state index < -0.39 is 5.97 Å². The van der Waals surface area contributed by atoms with E-state index in [1.54, 1.807) is 0 Å². The van der Waals surface area contributed by atoms with Crippen molar-refractivity contribution in [2.45, 2.75) is 13.3 Å².